The van der Waals surface area contributed by atoms with E-state index < -0.39 is 0 Å². The van der Waals surface area contributed by atoms with Crippen molar-refractivity contribution in [1.82, 2.24) is 0 Å². The van der Waals surface area contributed by atoms with E-state index in [1.807, 2.05) is 12.1 Å². The molecule has 176 valence electrons. The van der Waals surface area contributed by atoms with E-state index in [2.05, 4.69) is 37.3 Å². The largest absolute Gasteiger partial charge is 0.492 e. The standard InChI is InChI=1S/C30H43ClO/c1-2-3-4-5-6-7-8-12-23-32-30-22-21-28(24-29(30)31)27-19-17-26(18-20-27)16-15-25-13-10-9-11-14-25/h17-22,24-25H,2-16,23H2,1H3. The van der Waals surface area contributed by atoms with Gasteiger partial charge in [-0.15, -0.1) is 0 Å². The summed E-state index contributed by atoms with van der Waals surface area (Å²) < 4.78 is 5.95. The van der Waals surface area contributed by atoms with Crippen LogP contribution in [0.4, 0.5) is 0 Å². The Morgan fingerprint density at radius 1 is 0.781 bits per heavy atom. The normalized spacial score (nSPS) is 14.6. The molecule has 1 aliphatic carbocycles. The molecule has 0 bridgehead atoms. The average molecular weight is 455 g/mol. The van der Waals surface area contributed by atoms with Crippen LogP contribution in [0.2, 0.25) is 5.02 Å². The molecule has 0 amide bonds. The second-order valence-electron chi connectivity index (χ2n) is 9.71. The molecular formula is C30H43ClO. The fourth-order valence-electron chi connectivity index (χ4n) is 4.93. The van der Waals surface area contributed by atoms with Crippen LogP contribution in [-0.2, 0) is 6.42 Å². The summed E-state index contributed by atoms with van der Waals surface area (Å²) >= 11 is 6.53. The maximum absolute atomic E-state index is 6.53. The molecule has 1 nitrogen and oxygen atoms in total. The monoisotopic (exact) mass is 454 g/mol. The van der Waals surface area contributed by atoms with Gasteiger partial charge in [-0.1, -0.05) is 126 Å². The second kappa shape index (κ2) is 14.6. The maximum Gasteiger partial charge on any atom is 0.137 e. The van der Waals surface area contributed by atoms with Crippen molar-refractivity contribution in [2.75, 3.05) is 6.61 Å². The molecule has 1 saturated carbocycles. The van der Waals surface area contributed by atoms with Crippen LogP contribution in [0.1, 0.15) is 102 Å². The highest BCUT2D eigenvalue weighted by molar-refractivity contribution is 6.32. The van der Waals surface area contributed by atoms with Gasteiger partial charge in [-0.25, -0.2) is 0 Å². The summed E-state index contributed by atoms with van der Waals surface area (Å²) in [5, 5.41) is 0.712. The highest BCUT2D eigenvalue weighted by Crippen LogP contribution is 2.31. The molecule has 0 unspecified atom stereocenters. The van der Waals surface area contributed by atoms with E-state index >= 15 is 0 Å². The summed E-state index contributed by atoms with van der Waals surface area (Å²) in [4.78, 5) is 0. The molecule has 0 atom stereocenters. The van der Waals surface area contributed by atoms with Crippen LogP contribution < -0.4 is 4.74 Å². The zero-order valence-corrected chi connectivity index (χ0v) is 21.0. The topological polar surface area (TPSA) is 9.23 Å². The molecule has 32 heavy (non-hydrogen) atoms. The molecule has 0 radical (unpaired) electrons. The first-order valence-electron chi connectivity index (χ1n) is 13.3. The summed E-state index contributed by atoms with van der Waals surface area (Å²) in [6, 6.07) is 15.3. The van der Waals surface area contributed by atoms with Gasteiger partial charge in [0.15, 0.2) is 0 Å². The predicted molar refractivity (Wildman–Crippen MR) is 140 cm³/mol. The smallest absolute Gasteiger partial charge is 0.137 e. The number of rotatable bonds is 14. The van der Waals surface area contributed by atoms with Crippen molar-refractivity contribution in [3.8, 4) is 16.9 Å². The first-order valence-corrected chi connectivity index (χ1v) is 13.7. The third-order valence-corrected chi connectivity index (χ3v) is 7.34. The second-order valence-corrected chi connectivity index (χ2v) is 10.1. The van der Waals surface area contributed by atoms with Crippen molar-refractivity contribution in [2.45, 2.75) is 103 Å². The van der Waals surface area contributed by atoms with Crippen molar-refractivity contribution in [1.29, 1.82) is 0 Å². The zero-order valence-electron chi connectivity index (χ0n) is 20.2. The number of hydrogen-bond acceptors (Lipinski definition) is 1. The fraction of sp³-hybridized carbons (Fsp3) is 0.600. The zero-order chi connectivity index (χ0) is 22.4. The van der Waals surface area contributed by atoms with Crippen LogP contribution >= 0.6 is 11.6 Å². The lowest BCUT2D eigenvalue weighted by Gasteiger charge is -2.21. The van der Waals surface area contributed by atoms with Crippen molar-refractivity contribution < 1.29 is 4.74 Å². The Hall–Kier alpha value is -1.47. The highest BCUT2D eigenvalue weighted by Gasteiger charge is 2.13. The Bertz CT molecular complexity index is 761. The molecule has 0 spiro atoms. The predicted octanol–water partition coefficient (Wildman–Crippen LogP) is 10.0. The Balaban J connectivity index is 1.39. The number of unbranched alkanes of at least 4 members (excludes halogenated alkanes) is 7. The number of ether oxygens (including phenoxy) is 1. The minimum absolute atomic E-state index is 0.712. The van der Waals surface area contributed by atoms with Crippen molar-refractivity contribution in [3.63, 3.8) is 0 Å². The summed E-state index contributed by atoms with van der Waals surface area (Å²) in [6.45, 7) is 3.02. The Morgan fingerprint density at radius 2 is 1.44 bits per heavy atom. The van der Waals surface area contributed by atoms with Gasteiger partial charge in [-0.05, 0) is 54.0 Å². The SMILES string of the molecule is CCCCCCCCCCOc1ccc(-c2ccc(CCC3CCCCC3)cc2)cc1Cl. The van der Waals surface area contributed by atoms with Gasteiger partial charge >= 0.3 is 0 Å². The van der Waals surface area contributed by atoms with Crippen LogP contribution in [0.5, 0.6) is 5.75 Å². The van der Waals surface area contributed by atoms with E-state index in [4.69, 9.17) is 16.3 Å². The van der Waals surface area contributed by atoms with Gasteiger partial charge in [0.1, 0.15) is 5.75 Å². The van der Waals surface area contributed by atoms with E-state index in [1.54, 1.807) is 0 Å². The molecule has 1 fully saturated rings. The lowest BCUT2D eigenvalue weighted by atomic mass is 9.85. The van der Waals surface area contributed by atoms with Crippen LogP contribution in [0.15, 0.2) is 42.5 Å². The fourth-order valence-corrected chi connectivity index (χ4v) is 5.16. The van der Waals surface area contributed by atoms with E-state index in [0.717, 1.165) is 30.3 Å². The number of aryl methyl sites for hydroxylation is 1. The first kappa shape index (κ1) is 25.2. The molecule has 0 N–H and O–H groups in total. The molecule has 0 saturated heterocycles. The van der Waals surface area contributed by atoms with Gasteiger partial charge in [-0.2, -0.15) is 0 Å². The molecule has 2 aromatic rings. The van der Waals surface area contributed by atoms with Gasteiger partial charge in [0.25, 0.3) is 0 Å². The van der Waals surface area contributed by atoms with Crippen LogP contribution in [0.25, 0.3) is 11.1 Å². The van der Waals surface area contributed by atoms with Crippen molar-refractivity contribution in [2.24, 2.45) is 5.92 Å². The number of halogens is 1. The molecule has 2 heteroatoms. The number of hydrogen-bond donors (Lipinski definition) is 0. The first-order chi connectivity index (χ1) is 15.8. The molecular weight excluding hydrogens is 412 g/mol. The summed E-state index contributed by atoms with van der Waals surface area (Å²) in [5.74, 6) is 1.75. The quantitative estimate of drug-likeness (QED) is 0.258. The van der Waals surface area contributed by atoms with Gasteiger partial charge in [0.2, 0.25) is 0 Å². The van der Waals surface area contributed by atoms with E-state index in [1.165, 1.54) is 101 Å². The van der Waals surface area contributed by atoms with Gasteiger partial charge < -0.3 is 4.74 Å². The van der Waals surface area contributed by atoms with Crippen molar-refractivity contribution >= 4 is 11.6 Å². The lowest BCUT2D eigenvalue weighted by Crippen LogP contribution is -2.07. The third-order valence-electron chi connectivity index (χ3n) is 7.04. The van der Waals surface area contributed by atoms with E-state index in [9.17, 15) is 0 Å². The van der Waals surface area contributed by atoms with Crippen molar-refractivity contribution in [3.05, 3.63) is 53.1 Å². The van der Waals surface area contributed by atoms with Gasteiger partial charge in [0, 0.05) is 0 Å². The average Bonchev–Trinajstić information content (AvgIpc) is 2.83. The van der Waals surface area contributed by atoms with E-state index in [0.29, 0.717) is 5.02 Å². The maximum atomic E-state index is 6.53. The van der Waals surface area contributed by atoms with Gasteiger partial charge in [0.05, 0.1) is 11.6 Å². The van der Waals surface area contributed by atoms with E-state index in [-0.39, 0.29) is 0 Å². The van der Waals surface area contributed by atoms with Crippen LogP contribution in [0.3, 0.4) is 0 Å². The molecule has 0 heterocycles. The highest BCUT2D eigenvalue weighted by atomic mass is 35.5. The minimum Gasteiger partial charge on any atom is -0.492 e. The third kappa shape index (κ3) is 8.81. The molecule has 1 aliphatic rings. The molecule has 3 rings (SSSR count). The Kier molecular flexibility index (Phi) is 11.5. The van der Waals surface area contributed by atoms with Crippen LogP contribution in [0, 0.1) is 5.92 Å². The van der Waals surface area contributed by atoms with Gasteiger partial charge in [-0.3, -0.25) is 0 Å². The van der Waals surface area contributed by atoms with Crippen LogP contribution in [-0.4, -0.2) is 6.61 Å². The minimum atomic E-state index is 0.712. The number of benzene rings is 2. The lowest BCUT2D eigenvalue weighted by molar-refractivity contribution is 0.304. The molecule has 0 aliphatic heterocycles. The molecule has 0 aromatic heterocycles. The summed E-state index contributed by atoms with van der Waals surface area (Å²) in [7, 11) is 0. The summed E-state index contributed by atoms with van der Waals surface area (Å²) in [6.07, 6.45) is 20.2. The Morgan fingerprint density at radius 3 is 2.12 bits per heavy atom. The molecule has 2 aromatic carbocycles. The summed E-state index contributed by atoms with van der Waals surface area (Å²) in [5.41, 5.74) is 3.84. The Labute approximate surface area is 201 Å².